The summed E-state index contributed by atoms with van der Waals surface area (Å²) in [5.41, 5.74) is 8.75. The SMILES string of the molecule is C=C/C(=C\N=C(C)N1CCC(COc2c(F)cc(-c3ccc(C/C(N)=N/N)cc3)cc2F)CC1)CC. The molecular weight excluding hydrogens is 460 g/mol. The van der Waals surface area contributed by atoms with Crippen LogP contribution in [0.4, 0.5) is 8.78 Å². The highest BCUT2D eigenvalue weighted by Crippen LogP contribution is 2.30. The van der Waals surface area contributed by atoms with Crippen molar-refractivity contribution in [2.45, 2.75) is 39.5 Å². The molecule has 6 nitrogen and oxygen atoms in total. The number of hydrogen-bond donors (Lipinski definition) is 2. The van der Waals surface area contributed by atoms with Crippen LogP contribution in [-0.2, 0) is 6.42 Å². The van der Waals surface area contributed by atoms with E-state index in [9.17, 15) is 8.78 Å². The number of halogens is 2. The second-order valence-electron chi connectivity index (χ2n) is 8.94. The van der Waals surface area contributed by atoms with Crippen molar-refractivity contribution in [2.24, 2.45) is 27.6 Å². The zero-order chi connectivity index (χ0) is 26.1. The molecule has 1 saturated heterocycles. The summed E-state index contributed by atoms with van der Waals surface area (Å²) in [4.78, 5) is 6.77. The molecule has 3 rings (SSSR count). The summed E-state index contributed by atoms with van der Waals surface area (Å²) in [6.07, 6.45) is 6.70. The second kappa shape index (κ2) is 12.9. The molecule has 0 bridgehead atoms. The molecule has 192 valence electrons. The fourth-order valence-corrected chi connectivity index (χ4v) is 4.11. The van der Waals surface area contributed by atoms with E-state index in [1.165, 1.54) is 12.1 Å². The largest absolute Gasteiger partial charge is 0.487 e. The first-order valence-corrected chi connectivity index (χ1v) is 12.2. The lowest BCUT2D eigenvalue weighted by atomic mass is 9.97. The van der Waals surface area contributed by atoms with Gasteiger partial charge in [-0.15, -0.1) is 0 Å². The first-order valence-electron chi connectivity index (χ1n) is 12.2. The maximum atomic E-state index is 14.8. The monoisotopic (exact) mass is 495 g/mol. The van der Waals surface area contributed by atoms with Crippen LogP contribution in [0.1, 0.15) is 38.7 Å². The normalized spacial score (nSPS) is 15.8. The predicted octanol–water partition coefficient (Wildman–Crippen LogP) is 5.39. The Hall–Kier alpha value is -3.68. The topological polar surface area (TPSA) is 89.2 Å². The lowest BCUT2D eigenvalue weighted by molar-refractivity contribution is 0.172. The molecule has 36 heavy (non-hydrogen) atoms. The fourth-order valence-electron chi connectivity index (χ4n) is 4.11. The Kier molecular flexibility index (Phi) is 9.61. The summed E-state index contributed by atoms with van der Waals surface area (Å²) in [5.74, 6) is 4.89. The number of piperidine rings is 1. The Balaban J connectivity index is 1.57. The van der Waals surface area contributed by atoms with Gasteiger partial charge in [0.15, 0.2) is 17.4 Å². The molecule has 0 saturated carbocycles. The number of aliphatic imine (C=N–C) groups is 1. The molecule has 4 N–H and O–H groups in total. The molecule has 1 aliphatic rings. The molecule has 0 radical (unpaired) electrons. The molecule has 0 aromatic heterocycles. The van der Waals surface area contributed by atoms with Gasteiger partial charge in [-0.2, -0.15) is 5.10 Å². The van der Waals surface area contributed by atoms with Crippen LogP contribution in [0.2, 0.25) is 0 Å². The minimum absolute atomic E-state index is 0.222. The smallest absolute Gasteiger partial charge is 0.190 e. The quantitative estimate of drug-likeness (QED) is 0.160. The van der Waals surface area contributed by atoms with E-state index in [0.29, 0.717) is 23.4 Å². The van der Waals surface area contributed by atoms with Gasteiger partial charge in [0.1, 0.15) is 11.7 Å². The zero-order valence-corrected chi connectivity index (χ0v) is 21.0. The Morgan fingerprint density at radius 3 is 2.33 bits per heavy atom. The summed E-state index contributed by atoms with van der Waals surface area (Å²) < 4.78 is 35.2. The van der Waals surface area contributed by atoms with Gasteiger partial charge in [-0.25, -0.2) is 13.8 Å². The Bertz CT molecular complexity index is 1110. The van der Waals surface area contributed by atoms with Crippen LogP contribution in [0.5, 0.6) is 5.75 Å². The summed E-state index contributed by atoms with van der Waals surface area (Å²) in [7, 11) is 0. The molecule has 0 unspecified atom stereocenters. The van der Waals surface area contributed by atoms with Crippen LogP contribution in [0, 0.1) is 17.6 Å². The second-order valence-corrected chi connectivity index (χ2v) is 8.94. The van der Waals surface area contributed by atoms with Crippen molar-refractivity contribution in [2.75, 3.05) is 19.7 Å². The molecule has 8 heteroatoms. The van der Waals surface area contributed by atoms with E-state index >= 15 is 0 Å². The number of hydrogen-bond acceptors (Lipinski definition) is 4. The average molecular weight is 496 g/mol. The number of amidine groups is 2. The summed E-state index contributed by atoms with van der Waals surface area (Å²) in [6, 6.07) is 9.81. The number of allylic oxidation sites excluding steroid dienone is 2. The Labute approximate surface area is 212 Å². The first-order chi connectivity index (χ1) is 17.3. The highest BCUT2D eigenvalue weighted by molar-refractivity contribution is 5.82. The summed E-state index contributed by atoms with van der Waals surface area (Å²) >= 11 is 0. The van der Waals surface area contributed by atoms with Crippen LogP contribution in [0.15, 0.2) is 70.9 Å². The van der Waals surface area contributed by atoms with E-state index < -0.39 is 11.6 Å². The van der Waals surface area contributed by atoms with Gasteiger partial charge < -0.3 is 21.2 Å². The number of benzene rings is 2. The van der Waals surface area contributed by atoms with E-state index in [1.807, 2.05) is 31.3 Å². The number of likely N-dealkylation sites (tertiary alicyclic amines) is 1. The molecule has 1 fully saturated rings. The Morgan fingerprint density at radius 2 is 1.78 bits per heavy atom. The number of hydrazone groups is 1. The third-order valence-electron chi connectivity index (χ3n) is 6.46. The third-order valence-corrected chi connectivity index (χ3v) is 6.46. The molecule has 0 aliphatic carbocycles. The minimum atomic E-state index is -0.713. The van der Waals surface area contributed by atoms with E-state index in [2.05, 4.69) is 28.5 Å². The van der Waals surface area contributed by atoms with Crippen LogP contribution in [0.25, 0.3) is 11.1 Å². The molecule has 2 aromatic carbocycles. The van der Waals surface area contributed by atoms with Crippen molar-refractivity contribution in [3.63, 3.8) is 0 Å². The van der Waals surface area contributed by atoms with Crippen molar-refractivity contribution in [1.29, 1.82) is 0 Å². The maximum Gasteiger partial charge on any atom is 0.190 e. The van der Waals surface area contributed by atoms with Crippen molar-refractivity contribution >= 4 is 11.7 Å². The standard InChI is InChI=1S/C28H35F2N5O/c1-4-20(5-2)17-33-19(3)35-12-10-22(11-13-35)18-36-28-25(29)15-24(16-26(28)30)23-8-6-21(7-9-23)14-27(31)34-32/h4,6-9,15-17,22H,1,5,10-14,18,32H2,2-3H3,(H2,31,34)/b20-17+,33-19?. The van der Waals surface area contributed by atoms with E-state index in [1.54, 1.807) is 12.1 Å². The molecule has 2 aromatic rings. The number of nitrogens with zero attached hydrogens (tertiary/aromatic N) is 3. The highest BCUT2D eigenvalue weighted by atomic mass is 19.1. The number of rotatable bonds is 9. The van der Waals surface area contributed by atoms with Crippen molar-refractivity contribution < 1.29 is 13.5 Å². The number of ether oxygens (including phenoxy) is 1. The van der Waals surface area contributed by atoms with Gasteiger partial charge >= 0.3 is 0 Å². The lowest BCUT2D eigenvalue weighted by Crippen LogP contribution is -2.38. The summed E-state index contributed by atoms with van der Waals surface area (Å²) in [5, 5.41) is 3.45. The lowest BCUT2D eigenvalue weighted by Gasteiger charge is -2.33. The van der Waals surface area contributed by atoms with E-state index in [0.717, 1.165) is 49.3 Å². The van der Waals surface area contributed by atoms with Gasteiger partial charge in [-0.1, -0.05) is 43.8 Å². The van der Waals surface area contributed by atoms with Crippen molar-refractivity contribution in [1.82, 2.24) is 4.90 Å². The molecular formula is C28H35F2N5O. The zero-order valence-electron chi connectivity index (χ0n) is 21.0. The molecule has 0 spiro atoms. The molecule has 0 amide bonds. The van der Waals surface area contributed by atoms with Gasteiger partial charge in [0.2, 0.25) is 0 Å². The van der Waals surface area contributed by atoms with Gasteiger partial charge in [0, 0.05) is 25.7 Å². The average Bonchev–Trinajstić information content (AvgIpc) is 2.89. The van der Waals surface area contributed by atoms with Crippen LogP contribution in [0.3, 0.4) is 0 Å². The van der Waals surface area contributed by atoms with Crippen LogP contribution in [-0.4, -0.2) is 36.3 Å². The predicted molar refractivity (Wildman–Crippen MR) is 143 cm³/mol. The van der Waals surface area contributed by atoms with Crippen molar-refractivity contribution in [3.05, 3.63) is 78.0 Å². The number of nitrogens with two attached hydrogens (primary N) is 2. The highest BCUT2D eigenvalue weighted by Gasteiger charge is 2.22. The van der Waals surface area contributed by atoms with Crippen molar-refractivity contribution in [3.8, 4) is 16.9 Å². The third kappa shape index (κ3) is 7.16. The molecule has 1 heterocycles. The Morgan fingerprint density at radius 1 is 1.14 bits per heavy atom. The molecule has 1 aliphatic heterocycles. The molecule has 0 atom stereocenters. The minimum Gasteiger partial charge on any atom is -0.487 e. The van der Waals surface area contributed by atoms with Gasteiger partial charge in [0.05, 0.1) is 6.61 Å². The van der Waals surface area contributed by atoms with E-state index in [-0.39, 0.29) is 18.3 Å². The first kappa shape index (κ1) is 26.9. The van der Waals surface area contributed by atoms with Gasteiger partial charge in [0.25, 0.3) is 0 Å². The summed E-state index contributed by atoms with van der Waals surface area (Å²) in [6.45, 7) is 9.78. The van der Waals surface area contributed by atoms with Gasteiger partial charge in [-0.05, 0) is 66.5 Å². The fraction of sp³-hybridized carbons (Fsp3) is 0.357. The van der Waals surface area contributed by atoms with E-state index in [4.69, 9.17) is 16.3 Å². The van der Waals surface area contributed by atoms with Crippen LogP contribution < -0.4 is 16.3 Å². The maximum absolute atomic E-state index is 14.8. The van der Waals surface area contributed by atoms with Crippen LogP contribution >= 0.6 is 0 Å². The van der Waals surface area contributed by atoms with Gasteiger partial charge in [-0.3, -0.25) is 0 Å².